The molecule has 5 nitrogen and oxygen atoms in total. The van der Waals surface area contributed by atoms with Gasteiger partial charge in [-0.3, -0.25) is 0 Å². The molecule has 2 aromatic carbocycles. The predicted octanol–water partition coefficient (Wildman–Crippen LogP) is 4.03. The summed E-state index contributed by atoms with van der Waals surface area (Å²) in [5.41, 5.74) is 3.31. The number of benzene rings is 2. The maximum Gasteiger partial charge on any atom is 0.119 e. The van der Waals surface area contributed by atoms with Crippen LogP contribution >= 0.6 is 0 Å². The van der Waals surface area contributed by atoms with Crippen LogP contribution in [0.4, 0.5) is 5.69 Å². The second-order valence-corrected chi connectivity index (χ2v) is 6.91. The molecule has 3 rings (SSSR count). The highest BCUT2D eigenvalue weighted by Gasteiger charge is 2.17. The van der Waals surface area contributed by atoms with Crippen LogP contribution in [-0.4, -0.2) is 58.2 Å². The molecule has 1 heterocycles. The van der Waals surface area contributed by atoms with Crippen molar-refractivity contribution in [3.05, 3.63) is 42.0 Å². The quantitative estimate of drug-likeness (QED) is 0.604. The van der Waals surface area contributed by atoms with Crippen LogP contribution < -0.4 is 9.64 Å². The second kappa shape index (κ2) is 8.44. The Kier molecular flexibility index (Phi) is 6.01. The lowest BCUT2D eigenvalue weighted by atomic mass is 10.0. The Hall–Kier alpha value is -2.53. The number of fused-ring (bicyclic) bond motifs is 1. The third kappa shape index (κ3) is 4.25. The molecule has 1 saturated heterocycles. The molecule has 0 radical (unpaired) electrons. The molecule has 0 N–H and O–H groups in total. The van der Waals surface area contributed by atoms with Gasteiger partial charge in [0.05, 0.1) is 26.0 Å². The van der Waals surface area contributed by atoms with E-state index in [0.29, 0.717) is 0 Å². The average Bonchev–Trinajstić information content (AvgIpc) is 2.71. The van der Waals surface area contributed by atoms with Gasteiger partial charge in [-0.2, -0.15) is 0 Å². The third-order valence-electron chi connectivity index (χ3n) is 4.99. The fraction of sp³-hybridized carbons (Fsp3) is 0.409. The molecule has 1 fully saturated rings. The molecule has 0 atom stereocenters. The summed E-state index contributed by atoms with van der Waals surface area (Å²) in [6, 6.07) is 10.7. The number of morpholine rings is 1. The molecule has 2 aromatic rings. The van der Waals surface area contributed by atoms with E-state index in [2.05, 4.69) is 35.2 Å². The van der Waals surface area contributed by atoms with Crippen LogP contribution in [0.1, 0.15) is 19.4 Å². The summed E-state index contributed by atoms with van der Waals surface area (Å²) in [6.45, 7) is 7.35. The smallest absolute Gasteiger partial charge is 0.119 e. The minimum absolute atomic E-state index is 0.754. The highest BCUT2D eigenvalue weighted by molar-refractivity contribution is 5.98. The van der Waals surface area contributed by atoms with Gasteiger partial charge in [0.2, 0.25) is 0 Å². The van der Waals surface area contributed by atoms with Gasteiger partial charge in [0, 0.05) is 43.8 Å². The van der Waals surface area contributed by atoms with Crippen LogP contribution in [0.3, 0.4) is 0 Å². The van der Waals surface area contributed by atoms with Gasteiger partial charge in [-0.1, -0.05) is 12.1 Å². The molecule has 0 aromatic heterocycles. The van der Waals surface area contributed by atoms with Crippen LogP contribution in [0.15, 0.2) is 41.4 Å². The number of hydrogen-bond donors (Lipinski definition) is 0. The summed E-state index contributed by atoms with van der Waals surface area (Å²) >= 11 is 0. The SMILES string of the molecule is C/C=C(\N=C(C)N(C)C)c1cc(N2CCOCC2)c2cc(OC)ccc2c1. The molecule has 0 amide bonds. The van der Waals surface area contributed by atoms with E-state index in [1.54, 1.807) is 7.11 Å². The summed E-state index contributed by atoms with van der Waals surface area (Å²) < 4.78 is 11.0. The fourth-order valence-corrected chi connectivity index (χ4v) is 3.23. The average molecular weight is 367 g/mol. The van der Waals surface area contributed by atoms with Crippen LogP contribution in [0, 0.1) is 0 Å². The van der Waals surface area contributed by atoms with Crippen LogP contribution in [0.25, 0.3) is 16.5 Å². The highest BCUT2D eigenvalue weighted by atomic mass is 16.5. The van der Waals surface area contributed by atoms with Crippen LogP contribution in [0.5, 0.6) is 5.75 Å². The van der Waals surface area contributed by atoms with Crippen molar-refractivity contribution >= 4 is 28.0 Å². The van der Waals surface area contributed by atoms with E-state index in [1.807, 2.05) is 38.9 Å². The normalized spacial score (nSPS) is 16.0. The first-order chi connectivity index (χ1) is 13.0. The number of allylic oxidation sites excluding steroid dienone is 1. The van der Waals surface area contributed by atoms with Gasteiger partial charge in [-0.25, -0.2) is 4.99 Å². The van der Waals surface area contributed by atoms with Crippen molar-refractivity contribution in [1.82, 2.24) is 4.90 Å². The van der Waals surface area contributed by atoms with Crippen molar-refractivity contribution < 1.29 is 9.47 Å². The Morgan fingerprint density at radius 3 is 2.56 bits per heavy atom. The van der Waals surface area contributed by atoms with Crippen molar-refractivity contribution in [1.29, 1.82) is 0 Å². The fourth-order valence-electron chi connectivity index (χ4n) is 3.23. The van der Waals surface area contributed by atoms with E-state index in [1.165, 1.54) is 16.5 Å². The first-order valence-corrected chi connectivity index (χ1v) is 9.37. The topological polar surface area (TPSA) is 37.3 Å². The zero-order valence-electron chi connectivity index (χ0n) is 17.0. The number of anilines is 1. The van der Waals surface area contributed by atoms with Crippen molar-refractivity contribution in [3.63, 3.8) is 0 Å². The first kappa shape index (κ1) is 19.2. The Morgan fingerprint density at radius 1 is 1.19 bits per heavy atom. The van der Waals surface area contributed by atoms with Crippen molar-refractivity contribution in [3.8, 4) is 5.75 Å². The molecule has 0 bridgehead atoms. The number of ether oxygens (including phenoxy) is 2. The van der Waals surface area contributed by atoms with Crippen molar-refractivity contribution in [2.24, 2.45) is 4.99 Å². The van der Waals surface area contributed by atoms with E-state index in [-0.39, 0.29) is 0 Å². The molecule has 0 unspecified atom stereocenters. The van der Waals surface area contributed by atoms with Gasteiger partial charge < -0.3 is 19.3 Å². The lowest BCUT2D eigenvalue weighted by Crippen LogP contribution is -2.36. The van der Waals surface area contributed by atoms with Gasteiger partial charge >= 0.3 is 0 Å². The third-order valence-corrected chi connectivity index (χ3v) is 4.99. The van der Waals surface area contributed by atoms with Gasteiger partial charge in [0.25, 0.3) is 0 Å². The second-order valence-electron chi connectivity index (χ2n) is 6.91. The summed E-state index contributed by atoms with van der Waals surface area (Å²) in [5.74, 6) is 1.85. The standard InChI is InChI=1S/C22H29N3O2/c1-6-21(23-16(2)24(3)4)18-13-17-7-8-19(26-5)15-20(17)22(14-18)25-9-11-27-12-10-25/h6-8,13-15H,9-12H2,1-5H3/b21-6-,23-16?. The summed E-state index contributed by atoms with van der Waals surface area (Å²) in [4.78, 5) is 9.25. The van der Waals surface area contributed by atoms with Crippen molar-refractivity contribution in [2.75, 3.05) is 52.4 Å². The van der Waals surface area contributed by atoms with Crippen LogP contribution in [0.2, 0.25) is 0 Å². The van der Waals surface area contributed by atoms with Gasteiger partial charge in [0.1, 0.15) is 11.6 Å². The first-order valence-electron chi connectivity index (χ1n) is 9.37. The van der Waals surface area contributed by atoms with Gasteiger partial charge in [0.15, 0.2) is 0 Å². The number of amidine groups is 1. The van der Waals surface area contributed by atoms with E-state index in [9.17, 15) is 0 Å². The lowest BCUT2D eigenvalue weighted by Gasteiger charge is -2.30. The molecular weight excluding hydrogens is 338 g/mol. The lowest BCUT2D eigenvalue weighted by molar-refractivity contribution is 0.123. The molecule has 0 spiro atoms. The summed E-state index contributed by atoms with van der Waals surface area (Å²) in [5, 5.41) is 2.38. The Bertz CT molecular complexity index is 865. The monoisotopic (exact) mass is 367 g/mol. The molecule has 5 heteroatoms. The Balaban J connectivity index is 2.15. The number of hydrogen-bond acceptors (Lipinski definition) is 4. The van der Waals surface area contributed by atoms with E-state index < -0.39 is 0 Å². The highest BCUT2D eigenvalue weighted by Crippen LogP contribution is 2.34. The van der Waals surface area contributed by atoms with Gasteiger partial charge in [-0.15, -0.1) is 0 Å². The van der Waals surface area contributed by atoms with E-state index >= 15 is 0 Å². The maximum atomic E-state index is 5.55. The zero-order valence-corrected chi connectivity index (χ0v) is 17.0. The predicted molar refractivity (Wildman–Crippen MR) is 114 cm³/mol. The molecule has 27 heavy (non-hydrogen) atoms. The van der Waals surface area contributed by atoms with E-state index in [4.69, 9.17) is 14.5 Å². The Morgan fingerprint density at radius 2 is 1.93 bits per heavy atom. The minimum atomic E-state index is 0.754. The molecule has 0 aliphatic carbocycles. The molecule has 144 valence electrons. The molecule has 1 aliphatic heterocycles. The number of aliphatic imine (C=N–C) groups is 1. The molecule has 0 saturated carbocycles. The molecule has 1 aliphatic rings. The number of nitrogens with zero attached hydrogens (tertiary/aromatic N) is 3. The van der Waals surface area contributed by atoms with Crippen LogP contribution in [-0.2, 0) is 4.74 Å². The maximum absolute atomic E-state index is 5.55. The number of methoxy groups -OCH3 is 1. The zero-order chi connectivity index (χ0) is 19.4. The van der Waals surface area contributed by atoms with Crippen molar-refractivity contribution in [2.45, 2.75) is 13.8 Å². The minimum Gasteiger partial charge on any atom is -0.497 e. The number of rotatable bonds is 4. The summed E-state index contributed by atoms with van der Waals surface area (Å²) in [7, 11) is 5.73. The van der Waals surface area contributed by atoms with E-state index in [0.717, 1.165) is 49.1 Å². The van der Waals surface area contributed by atoms with Gasteiger partial charge in [-0.05, 0) is 43.5 Å². The Labute approximate surface area is 161 Å². The largest absolute Gasteiger partial charge is 0.497 e. The summed E-state index contributed by atoms with van der Waals surface area (Å²) in [6.07, 6.45) is 2.07. The molecular formula is C22H29N3O2.